The summed E-state index contributed by atoms with van der Waals surface area (Å²) in [7, 11) is 1.68. The lowest BCUT2D eigenvalue weighted by molar-refractivity contribution is 0.0676. The zero-order valence-corrected chi connectivity index (χ0v) is 11.0. The topological polar surface area (TPSA) is 50.7 Å². The predicted octanol–water partition coefficient (Wildman–Crippen LogP) is 1.32. The molecule has 4 nitrogen and oxygen atoms in total. The lowest BCUT2D eigenvalue weighted by Crippen LogP contribution is -2.42. The van der Waals surface area contributed by atoms with Crippen LogP contribution >= 0.6 is 0 Å². The van der Waals surface area contributed by atoms with Gasteiger partial charge in [-0.2, -0.15) is 0 Å². The highest BCUT2D eigenvalue weighted by atomic mass is 16.5. The minimum absolute atomic E-state index is 0.137. The molecule has 2 unspecified atom stereocenters. The number of aliphatic hydroxyl groups is 1. The van der Waals surface area contributed by atoms with Gasteiger partial charge < -0.3 is 19.9 Å². The number of methoxy groups -OCH3 is 1. The van der Waals surface area contributed by atoms with Crippen LogP contribution < -0.4 is 5.32 Å². The van der Waals surface area contributed by atoms with Crippen molar-refractivity contribution in [3.8, 4) is 0 Å². The van der Waals surface area contributed by atoms with Crippen molar-refractivity contribution in [3.63, 3.8) is 0 Å². The second-order valence-corrected chi connectivity index (χ2v) is 4.72. The van der Waals surface area contributed by atoms with Crippen LogP contribution in [0.5, 0.6) is 0 Å². The molecule has 0 aromatic heterocycles. The average molecular weight is 245 g/mol. The van der Waals surface area contributed by atoms with Crippen molar-refractivity contribution >= 4 is 0 Å². The third-order valence-corrected chi connectivity index (χ3v) is 3.28. The molecule has 1 rings (SSSR count). The highest BCUT2D eigenvalue weighted by molar-refractivity contribution is 4.79. The van der Waals surface area contributed by atoms with Crippen molar-refractivity contribution in [2.24, 2.45) is 0 Å². The summed E-state index contributed by atoms with van der Waals surface area (Å²) < 4.78 is 10.3. The second kappa shape index (κ2) is 9.83. The molecule has 4 heteroatoms. The number of rotatable bonds is 9. The van der Waals surface area contributed by atoms with Crippen LogP contribution in [-0.2, 0) is 9.47 Å². The van der Waals surface area contributed by atoms with E-state index in [4.69, 9.17) is 9.47 Å². The Morgan fingerprint density at radius 2 is 1.94 bits per heavy atom. The van der Waals surface area contributed by atoms with E-state index < -0.39 is 0 Å². The molecule has 0 spiro atoms. The highest BCUT2D eigenvalue weighted by Crippen LogP contribution is 2.18. The Morgan fingerprint density at radius 3 is 2.71 bits per heavy atom. The van der Waals surface area contributed by atoms with Gasteiger partial charge in [0.15, 0.2) is 0 Å². The standard InChI is InChI=1S/C13H27NO3/c1-16-10-11-17-9-5-4-8-14-12-6-2-3-7-13(12)15/h12-15H,2-11H2,1H3. The van der Waals surface area contributed by atoms with E-state index in [1.54, 1.807) is 7.11 Å². The molecule has 0 saturated heterocycles. The van der Waals surface area contributed by atoms with E-state index in [9.17, 15) is 5.11 Å². The Bertz CT molecular complexity index is 178. The van der Waals surface area contributed by atoms with E-state index in [2.05, 4.69) is 5.32 Å². The molecular weight excluding hydrogens is 218 g/mol. The van der Waals surface area contributed by atoms with Crippen molar-refractivity contribution in [1.82, 2.24) is 5.32 Å². The second-order valence-electron chi connectivity index (χ2n) is 4.72. The van der Waals surface area contributed by atoms with Gasteiger partial charge in [0.05, 0.1) is 19.3 Å². The molecule has 0 heterocycles. The molecule has 0 bridgehead atoms. The predicted molar refractivity (Wildman–Crippen MR) is 68.2 cm³/mol. The van der Waals surface area contributed by atoms with Crippen molar-refractivity contribution in [1.29, 1.82) is 0 Å². The molecule has 1 fully saturated rings. The monoisotopic (exact) mass is 245 g/mol. The molecule has 0 amide bonds. The largest absolute Gasteiger partial charge is 0.392 e. The van der Waals surface area contributed by atoms with Gasteiger partial charge in [0, 0.05) is 19.8 Å². The molecule has 17 heavy (non-hydrogen) atoms. The van der Waals surface area contributed by atoms with Crippen molar-refractivity contribution < 1.29 is 14.6 Å². The van der Waals surface area contributed by atoms with Crippen molar-refractivity contribution in [3.05, 3.63) is 0 Å². The van der Waals surface area contributed by atoms with Crippen molar-refractivity contribution in [2.45, 2.75) is 50.7 Å². The van der Waals surface area contributed by atoms with Gasteiger partial charge in [-0.05, 0) is 32.2 Å². The van der Waals surface area contributed by atoms with Gasteiger partial charge >= 0.3 is 0 Å². The number of aliphatic hydroxyl groups excluding tert-OH is 1. The first-order valence-electron chi connectivity index (χ1n) is 6.82. The fraction of sp³-hybridized carbons (Fsp3) is 1.00. The number of unbranched alkanes of at least 4 members (excludes halogenated alkanes) is 1. The minimum Gasteiger partial charge on any atom is -0.392 e. The van der Waals surface area contributed by atoms with Gasteiger partial charge in [-0.25, -0.2) is 0 Å². The van der Waals surface area contributed by atoms with Crippen LogP contribution in [0, 0.1) is 0 Å². The fourth-order valence-electron chi connectivity index (χ4n) is 2.21. The maximum Gasteiger partial charge on any atom is 0.0700 e. The van der Waals surface area contributed by atoms with Crippen LogP contribution in [0.4, 0.5) is 0 Å². The third-order valence-electron chi connectivity index (χ3n) is 3.28. The number of ether oxygens (including phenoxy) is 2. The third kappa shape index (κ3) is 6.99. The first kappa shape index (κ1) is 14.9. The average Bonchev–Trinajstić information content (AvgIpc) is 2.35. The van der Waals surface area contributed by atoms with Gasteiger partial charge in [-0.3, -0.25) is 0 Å². The van der Waals surface area contributed by atoms with E-state index in [1.165, 1.54) is 12.8 Å². The van der Waals surface area contributed by atoms with Gasteiger partial charge in [-0.15, -0.1) is 0 Å². The Labute approximate surface area is 105 Å². The van der Waals surface area contributed by atoms with Gasteiger partial charge in [-0.1, -0.05) is 12.8 Å². The molecule has 1 aliphatic rings. The molecule has 1 aliphatic carbocycles. The van der Waals surface area contributed by atoms with Crippen LogP contribution in [0.15, 0.2) is 0 Å². The minimum atomic E-state index is -0.137. The normalized spacial score (nSPS) is 25.1. The van der Waals surface area contributed by atoms with Crippen molar-refractivity contribution in [2.75, 3.05) is 33.5 Å². The lowest BCUT2D eigenvalue weighted by Gasteiger charge is -2.28. The molecular formula is C13H27NO3. The Kier molecular flexibility index (Phi) is 8.61. The van der Waals surface area contributed by atoms with Crippen LogP contribution in [0.2, 0.25) is 0 Å². The quantitative estimate of drug-likeness (QED) is 0.602. The summed E-state index contributed by atoms with van der Waals surface area (Å²) in [5.74, 6) is 0. The molecule has 2 N–H and O–H groups in total. The fourth-order valence-corrected chi connectivity index (χ4v) is 2.21. The molecule has 0 aliphatic heterocycles. The number of hydrogen-bond donors (Lipinski definition) is 2. The highest BCUT2D eigenvalue weighted by Gasteiger charge is 2.21. The SMILES string of the molecule is COCCOCCCCNC1CCCCC1O. The summed E-state index contributed by atoms with van der Waals surface area (Å²) in [6.45, 7) is 3.14. The van der Waals surface area contributed by atoms with E-state index in [0.717, 1.165) is 38.8 Å². The first-order chi connectivity index (χ1) is 8.34. The maximum atomic E-state index is 9.77. The van der Waals surface area contributed by atoms with E-state index in [1.807, 2.05) is 0 Å². The van der Waals surface area contributed by atoms with Crippen LogP contribution in [0.25, 0.3) is 0 Å². The summed E-state index contributed by atoms with van der Waals surface area (Å²) in [4.78, 5) is 0. The molecule has 2 atom stereocenters. The van der Waals surface area contributed by atoms with Crippen LogP contribution in [0.3, 0.4) is 0 Å². The number of hydrogen-bond acceptors (Lipinski definition) is 4. The van der Waals surface area contributed by atoms with Crippen LogP contribution in [-0.4, -0.2) is 50.7 Å². The Morgan fingerprint density at radius 1 is 1.12 bits per heavy atom. The van der Waals surface area contributed by atoms with Gasteiger partial charge in [0.1, 0.15) is 0 Å². The summed E-state index contributed by atoms with van der Waals surface area (Å²) in [6.07, 6.45) is 6.53. The number of nitrogens with one attached hydrogen (secondary N) is 1. The smallest absolute Gasteiger partial charge is 0.0700 e. The molecule has 1 saturated carbocycles. The lowest BCUT2D eigenvalue weighted by atomic mass is 9.92. The molecule has 0 aromatic carbocycles. The zero-order chi connectivity index (χ0) is 12.3. The van der Waals surface area contributed by atoms with Crippen LogP contribution in [0.1, 0.15) is 38.5 Å². The Balaban J connectivity index is 1.86. The summed E-state index contributed by atoms with van der Waals surface area (Å²) in [5, 5.41) is 13.2. The summed E-state index contributed by atoms with van der Waals surface area (Å²) in [6, 6.07) is 0.318. The molecule has 0 aromatic rings. The van der Waals surface area contributed by atoms with Gasteiger partial charge in [0.2, 0.25) is 0 Å². The zero-order valence-electron chi connectivity index (χ0n) is 11.0. The summed E-state index contributed by atoms with van der Waals surface area (Å²) in [5.41, 5.74) is 0. The summed E-state index contributed by atoms with van der Waals surface area (Å²) >= 11 is 0. The van der Waals surface area contributed by atoms with E-state index >= 15 is 0 Å². The van der Waals surface area contributed by atoms with E-state index in [-0.39, 0.29) is 6.10 Å². The Hall–Kier alpha value is -0.160. The van der Waals surface area contributed by atoms with Gasteiger partial charge in [0.25, 0.3) is 0 Å². The maximum absolute atomic E-state index is 9.77. The van der Waals surface area contributed by atoms with E-state index in [0.29, 0.717) is 19.3 Å². The molecule has 0 radical (unpaired) electrons. The molecule has 102 valence electrons. The first-order valence-corrected chi connectivity index (χ1v) is 6.82.